The number of nitrogens with one attached hydrogen (secondary N) is 1. The molecule has 0 saturated heterocycles. The van der Waals surface area contributed by atoms with Gasteiger partial charge in [0.2, 0.25) is 0 Å². The number of aryl methyl sites for hydroxylation is 1. The molecule has 3 atom stereocenters. The van der Waals surface area contributed by atoms with Gasteiger partial charge >= 0.3 is 0 Å². The van der Waals surface area contributed by atoms with Crippen LogP contribution in [0.3, 0.4) is 0 Å². The third-order valence-corrected chi connectivity index (χ3v) is 6.04. The molecule has 140 valence electrons. The first kappa shape index (κ1) is 15.8. The van der Waals surface area contributed by atoms with E-state index in [2.05, 4.69) is 57.0 Å². The lowest BCUT2D eigenvalue weighted by Gasteiger charge is -2.27. The van der Waals surface area contributed by atoms with Crippen LogP contribution < -0.4 is 5.43 Å². The molecule has 7 nitrogen and oxygen atoms in total. The molecule has 0 aromatic carbocycles. The fourth-order valence-corrected chi connectivity index (χ4v) is 4.37. The number of rotatable bonds is 2. The molecule has 1 N–H and O–H groups in total. The van der Waals surface area contributed by atoms with Crippen LogP contribution in [0.2, 0.25) is 0 Å². The van der Waals surface area contributed by atoms with E-state index in [9.17, 15) is 0 Å². The van der Waals surface area contributed by atoms with E-state index in [1.54, 1.807) is 0 Å². The van der Waals surface area contributed by atoms with Gasteiger partial charge in [0.15, 0.2) is 5.82 Å². The van der Waals surface area contributed by atoms with Crippen molar-refractivity contribution in [2.24, 2.45) is 15.9 Å². The second-order valence-corrected chi connectivity index (χ2v) is 7.88. The molecular weight excluding hydrogens is 350 g/mol. The topological polar surface area (TPSA) is 70.2 Å². The number of allylic oxidation sites excluding steroid dienone is 1. The number of fused-ring (bicyclic) bond motifs is 4. The fourth-order valence-electron chi connectivity index (χ4n) is 4.37. The second kappa shape index (κ2) is 5.41. The van der Waals surface area contributed by atoms with E-state index >= 15 is 0 Å². The number of hydrogen-bond acceptors (Lipinski definition) is 6. The Balaban J connectivity index is 1.37. The third-order valence-electron chi connectivity index (χ3n) is 6.04. The Kier molecular flexibility index (Phi) is 3.05. The summed E-state index contributed by atoms with van der Waals surface area (Å²) in [6, 6.07) is 6.32. The van der Waals surface area contributed by atoms with Gasteiger partial charge in [0, 0.05) is 41.5 Å². The van der Waals surface area contributed by atoms with Gasteiger partial charge in [0.05, 0.1) is 22.9 Å². The largest absolute Gasteiger partial charge is 0.303 e. The highest BCUT2D eigenvalue weighted by Crippen LogP contribution is 2.50. The van der Waals surface area contributed by atoms with Gasteiger partial charge in [-0.05, 0) is 45.4 Å². The van der Waals surface area contributed by atoms with E-state index in [1.807, 2.05) is 25.4 Å². The Morgan fingerprint density at radius 2 is 2.07 bits per heavy atom. The van der Waals surface area contributed by atoms with Gasteiger partial charge in [-0.25, -0.2) is 9.98 Å². The smallest absolute Gasteiger partial charge is 0.171 e. The van der Waals surface area contributed by atoms with Crippen molar-refractivity contribution >= 4 is 28.6 Å². The van der Waals surface area contributed by atoms with E-state index in [-0.39, 0.29) is 6.04 Å². The molecule has 2 aliphatic heterocycles. The summed E-state index contributed by atoms with van der Waals surface area (Å²) in [7, 11) is 0. The molecular formula is C21H21N7. The highest BCUT2D eigenvalue weighted by Gasteiger charge is 2.47. The molecule has 3 aliphatic rings. The van der Waals surface area contributed by atoms with E-state index in [0.29, 0.717) is 11.8 Å². The van der Waals surface area contributed by atoms with Crippen molar-refractivity contribution in [3.05, 3.63) is 53.5 Å². The molecule has 7 heteroatoms. The number of nitrogens with zero attached hydrogens (tertiary/aromatic N) is 6. The Hall–Kier alpha value is -3.22. The van der Waals surface area contributed by atoms with Crippen LogP contribution in [-0.4, -0.2) is 37.5 Å². The number of aliphatic imine (C=N–C) groups is 2. The molecule has 0 amide bonds. The van der Waals surface area contributed by atoms with Crippen molar-refractivity contribution < 1.29 is 0 Å². The maximum absolute atomic E-state index is 5.03. The van der Waals surface area contributed by atoms with Crippen LogP contribution in [0.25, 0.3) is 16.6 Å². The molecule has 0 radical (unpaired) electrons. The zero-order valence-corrected chi connectivity index (χ0v) is 16.1. The summed E-state index contributed by atoms with van der Waals surface area (Å²) < 4.78 is 2.18. The lowest BCUT2D eigenvalue weighted by Crippen LogP contribution is -2.44. The zero-order valence-electron chi connectivity index (χ0n) is 16.1. The van der Waals surface area contributed by atoms with Crippen LogP contribution >= 0.6 is 0 Å². The van der Waals surface area contributed by atoms with Crippen molar-refractivity contribution in [2.75, 3.05) is 0 Å². The SMILES string of the molecule is CC1=C2N=C([C@H]3C[C@@H]3c3nc4c5cccnc5ccn4c3C)NN2[C@H](C)C=N1. The second-order valence-electron chi connectivity index (χ2n) is 7.88. The van der Waals surface area contributed by atoms with E-state index in [0.717, 1.165) is 40.3 Å². The number of amidine groups is 1. The van der Waals surface area contributed by atoms with Crippen molar-refractivity contribution in [2.45, 2.75) is 39.2 Å². The molecule has 28 heavy (non-hydrogen) atoms. The van der Waals surface area contributed by atoms with Crippen LogP contribution in [0.4, 0.5) is 0 Å². The van der Waals surface area contributed by atoms with Gasteiger partial charge in [-0.3, -0.25) is 20.4 Å². The lowest BCUT2D eigenvalue weighted by atomic mass is 10.2. The van der Waals surface area contributed by atoms with E-state index in [4.69, 9.17) is 9.98 Å². The summed E-state index contributed by atoms with van der Waals surface area (Å²) >= 11 is 0. The maximum Gasteiger partial charge on any atom is 0.171 e. The molecule has 1 fully saturated rings. The van der Waals surface area contributed by atoms with Crippen molar-refractivity contribution in [3.63, 3.8) is 0 Å². The minimum Gasteiger partial charge on any atom is -0.303 e. The first-order chi connectivity index (χ1) is 13.6. The molecule has 5 heterocycles. The van der Waals surface area contributed by atoms with Gasteiger partial charge in [-0.15, -0.1) is 0 Å². The van der Waals surface area contributed by atoms with Crippen LogP contribution in [0.5, 0.6) is 0 Å². The van der Waals surface area contributed by atoms with Crippen LogP contribution in [0.1, 0.15) is 37.6 Å². The third kappa shape index (κ3) is 2.10. The molecule has 0 unspecified atom stereocenters. The van der Waals surface area contributed by atoms with E-state index < -0.39 is 0 Å². The standard InChI is InChI=1S/C21H21N7/c1-11-10-23-12(2)20-25-19(26-28(11)20)16-9-15(16)18-13(3)27-8-6-17-14(21(27)24-18)5-4-7-22-17/h4-8,10-11,15-16H,9H2,1-3H3,(H,25,26)/t11-,15+,16+/m1/s1. The number of hydrogen-bond donors (Lipinski definition) is 1. The number of imidazole rings is 1. The van der Waals surface area contributed by atoms with Crippen LogP contribution in [0.15, 0.2) is 52.1 Å². The first-order valence-corrected chi connectivity index (χ1v) is 9.73. The van der Waals surface area contributed by atoms with Crippen molar-refractivity contribution in [3.8, 4) is 0 Å². The number of pyridine rings is 2. The minimum absolute atomic E-state index is 0.202. The van der Waals surface area contributed by atoms with Crippen molar-refractivity contribution in [1.82, 2.24) is 24.8 Å². The molecule has 0 bridgehead atoms. The Morgan fingerprint density at radius 1 is 1.18 bits per heavy atom. The Bertz CT molecular complexity index is 1230. The molecule has 1 aliphatic carbocycles. The minimum atomic E-state index is 0.202. The normalized spacial score (nSPS) is 26.0. The molecule has 3 aromatic heterocycles. The lowest BCUT2D eigenvalue weighted by molar-refractivity contribution is 0.290. The van der Waals surface area contributed by atoms with Crippen molar-refractivity contribution in [1.29, 1.82) is 0 Å². The van der Waals surface area contributed by atoms with Gasteiger partial charge in [-0.2, -0.15) is 0 Å². The highest BCUT2D eigenvalue weighted by molar-refractivity contribution is 5.93. The maximum atomic E-state index is 5.03. The fraction of sp³-hybridized carbons (Fsp3) is 0.333. The highest BCUT2D eigenvalue weighted by atomic mass is 15.6. The summed E-state index contributed by atoms with van der Waals surface area (Å²) in [5, 5.41) is 3.21. The summed E-state index contributed by atoms with van der Waals surface area (Å²) in [5.74, 6) is 2.77. The number of hydrazine groups is 1. The van der Waals surface area contributed by atoms with Gasteiger partial charge in [0.1, 0.15) is 11.5 Å². The van der Waals surface area contributed by atoms with Crippen LogP contribution in [-0.2, 0) is 0 Å². The summed E-state index contributed by atoms with van der Waals surface area (Å²) in [6.45, 7) is 6.29. The predicted octanol–water partition coefficient (Wildman–Crippen LogP) is 3.18. The molecule has 6 rings (SSSR count). The summed E-state index contributed by atoms with van der Waals surface area (Å²) in [4.78, 5) is 18.8. The molecule has 3 aromatic rings. The van der Waals surface area contributed by atoms with Gasteiger partial charge < -0.3 is 4.40 Å². The number of aromatic nitrogens is 3. The average Bonchev–Trinajstić information content (AvgIpc) is 3.23. The Morgan fingerprint density at radius 3 is 2.93 bits per heavy atom. The monoisotopic (exact) mass is 371 g/mol. The zero-order chi connectivity index (χ0) is 19.0. The van der Waals surface area contributed by atoms with Gasteiger partial charge in [0.25, 0.3) is 0 Å². The summed E-state index contributed by atoms with van der Waals surface area (Å²) in [6.07, 6.45) is 6.93. The van der Waals surface area contributed by atoms with Gasteiger partial charge in [-0.1, -0.05) is 0 Å². The summed E-state index contributed by atoms with van der Waals surface area (Å²) in [5.41, 5.74) is 8.81. The van der Waals surface area contributed by atoms with Crippen LogP contribution in [0, 0.1) is 12.8 Å². The quantitative estimate of drug-likeness (QED) is 0.751. The first-order valence-electron chi connectivity index (χ1n) is 9.73. The Labute approximate surface area is 162 Å². The predicted molar refractivity (Wildman–Crippen MR) is 109 cm³/mol. The average molecular weight is 371 g/mol. The molecule has 1 saturated carbocycles. The molecule has 0 spiro atoms. The van der Waals surface area contributed by atoms with E-state index in [1.165, 1.54) is 11.4 Å².